The summed E-state index contributed by atoms with van der Waals surface area (Å²) in [6.07, 6.45) is 3.55. The van der Waals surface area contributed by atoms with Crippen molar-refractivity contribution >= 4 is 5.82 Å². The summed E-state index contributed by atoms with van der Waals surface area (Å²) in [7, 11) is 0. The van der Waals surface area contributed by atoms with Gasteiger partial charge in [-0.05, 0) is 31.5 Å². The van der Waals surface area contributed by atoms with E-state index in [2.05, 4.69) is 33.3 Å². The van der Waals surface area contributed by atoms with Gasteiger partial charge in [-0.25, -0.2) is 9.97 Å². The molecule has 78 valence electrons. The zero-order valence-electron chi connectivity index (χ0n) is 8.91. The second kappa shape index (κ2) is 4.13. The van der Waals surface area contributed by atoms with E-state index in [1.165, 1.54) is 5.56 Å². The van der Waals surface area contributed by atoms with Crippen LogP contribution in [0.4, 0.5) is 5.82 Å². The van der Waals surface area contributed by atoms with Gasteiger partial charge in [-0.3, -0.25) is 0 Å². The highest BCUT2D eigenvalue weighted by Gasteiger charge is 1.98. The maximum Gasteiger partial charge on any atom is 0.126 e. The van der Waals surface area contributed by atoms with Crippen molar-refractivity contribution in [2.75, 3.05) is 5.32 Å². The minimum absolute atomic E-state index is 0.670. The van der Waals surface area contributed by atoms with Crippen LogP contribution in [0, 0.1) is 13.8 Å². The first kappa shape index (κ1) is 9.71. The van der Waals surface area contributed by atoms with Crippen LogP contribution < -0.4 is 5.32 Å². The number of aromatic amines is 1. The summed E-state index contributed by atoms with van der Waals surface area (Å²) in [6.45, 7) is 4.72. The van der Waals surface area contributed by atoms with Crippen molar-refractivity contribution in [1.29, 1.82) is 0 Å². The number of hydrogen-bond acceptors (Lipinski definition) is 3. The van der Waals surface area contributed by atoms with E-state index in [9.17, 15) is 0 Å². The summed E-state index contributed by atoms with van der Waals surface area (Å²) in [5, 5.41) is 3.22. The van der Waals surface area contributed by atoms with Gasteiger partial charge in [-0.2, -0.15) is 0 Å². The molecular weight excluding hydrogens is 188 g/mol. The largest absolute Gasteiger partial charge is 0.363 e. The highest BCUT2D eigenvalue weighted by molar-refractivity contribution is 5.39. The minimum Gasteiger partial charge on any atom is -0.363 e. The van der Waals surface area contributed by atoms with E-state index < -0.39 is 0 Å². The van der Waals surface area contributed by atoms with Crippen molar-refractivity contribution < 1.29 is 0 Å². The molecule has 2 N–H and O–H groups in total. The van der Waals surface area contributed by atoms with E-state index in [1.54, 1.807) is 6.20 Å². The Kier molecular flexibility index (Phi) is 2.67. The van der Waals surface area contributed by atoms with Crippen LogP contribution in [0.15, 0.2) is 24.5 Å². The van der Waals surface area contributed by atoms with Crippen molar-refractivity contribution in [2.24, 2.45) is 0 Å². The molecule has 0 fully saturated rings. The fourth-order valence-electron chi connectivity index (χ4n) is 1.50. The number of pyridine rings is 1. The van der Waals surface area contributed by atoms with Gasteiger partial charge in [0.25, 0.3) is 0 Å². The molecule has 0 unspecified atom stereocenters. The van der Waals surface area contributed by atoms with Crippen molar-refractivity contribution in [1.82, 2.24) is 15.0 Å². The van der Waals surface area contributed by atoms with Crippen LogP contribution in [-0.2, 0) is 6.54 Å². The molecule has 2 aromatic heterocycles. The summed E-state index contributed by atoms with van der Waals surface area (Å²) in [5.41, 5.74) is 2.24. The third-order valence-electron chi connectivity index (χ3n) is 2.09. The first-order valence-corrected chi connectivity index (χ1v) is 4.91. The van der Waals surface area contributed by atoms with E-state index >= 15 is 0 Å². The molecule has 0 amide bonds. The van der Waals surface area contributed by atoms with Gasteiger partial charge in [0.05, 0.1) is 6.54 Å². The Morgan fingerprint density at radius 2 is 2.20 bits per heavy atom. The second-order valence-electron chi connectivity index (χ2n) is 3.56. The number of hydrogen-bond donors (Lipinski definition) is 2. The summed E-state index contributed by atoms with van der Waals surface area (Å²) in [5.74, 6) is 1.81. The van der Waals surface area contributed by atoms with Gasteiger partial charge in [-0.15, -0.1) is 0 Å². The van der Waals surface area contributed by atoms with Crippen LogP contribution in [0.1, 0.15) is 17.1 Å². The first-order valence-electron chi connectivity index (χ1n) is 4.91. The van der Waals surface area contributed by atoms with E-state index in [0.717, 1.165) is 17.3 Å². The van der Waals surface area contributed by atoms with Crippen molar-refractivity contribution in [3.63, 3.8) is 0 Å². The van der Waals surface area contributed by atoms with E-state index in [1.807, 2.05) is 19.2 Å². The van der Waals surface area contributed by atoms with Gasteiger partial charge in [-0.1, -0.05) is 0 Å². The maximum absolute atomic E-state index is 4.38. The van der Waals surface area contributed by atoms with Crippen LogP contribution in [-0.4, -0.2) is 15.0 Å². The molecule has 0 radical (unpaired) electrons. The molecule has 0 saturated heterocycles. The van der Waals surface area contributed by atoms with Gasteiger partial charge in [0, 0.05) is 18.1 Å². The average Bonchev–Trinajstić information content (AvgIpc) is 2.65. The summed E-state index contributed by atoms with van der Waals surface area (Å²) < 4.78 is 0. The molecule has 0 aromatic carbocycles. The number of anilines is 1. The zero-order valence-corrected chi connectivity index (χ0v) is 8.91. The number of aryl methyl sites for hydroxylation is 2. The number of imidazole rings is 1. The van der Waals surface area contributed by atoms with E-state index in [0.29, 0.717) is 6.54 Å². The molecule has 2 aromatic rings. The highest BCUT2D eigenvalue weighted by atomic mass is 15.0. The lowest BCUT2D eigenvalue weighted by Crippen LogP contribution is -2.03. The summed E-state index contributed by atoms with van der Waals surface area (Å²) in [6, 6.07) is 4.08. The number of nitrogens with one attached hydrogen (secondary N) is 2. The summed E-state index contributed by atoms with van der Waals surface area (Å²) in [4.78, 5) is 11.5. The van der Waals surface area contributed by atoms with Crippen LogP contribution in [0.3, 0.4) is 0 Å². The van der Waals surface area contributed by atoms with Crippen LogP contribution >= 0.6 is 0 Å². The molecule has 0 bridgehead atoms. The Balaban J connectivity index is 2.05. The molecule has 15 heavy (non-hydrogen) atoms. The molecule has 0 saturated carbocycles. The number of rotatable bonds is 3. The van der Waals surface area contributed by atoms with Crippen LogP contribution in [0.2, 0.25) is 0 Å². The molecule has 0 aliphatic rings. The summed E-state index contributed by atoms with van der Waals surface area (Å²) >= 11 is 0. The lowest BCUT2D eigenvalue weighted by Gasteiger charge is -2.05. The molecular formula is C11H14N4. The normalized spacial score (nSPS) is 10.3. The monoisotopic (exact) mass is 202 g/mol. The van der Waals surface area contributed by atoms with E-state index in [4.69, 9.17) is 0 Å². The van der Waals surface area contributed by atoms with Crippen molar-refractivity contribution in [3.05, 3.63) is 41.6 Å². The van der Waals surface area contributed by atoms with Crippen LogP contribution in [0.25, 0.3) is 0 Å². The molecule has 0 aliphatic heterocycles. The third kappa shape index (κ3) is 2.56. The predicted octanol–water partition coefficient (Wildman–Crippen LogP) is 2.03. The predicted molar refractivity (Wildman–Crippen MR) is 59.6 cm³/mol. The second-order valence-corrected chi connectivity index (χ2v) is 3.56. The Bertz CT molecular complexity index is 414. The molecule has 0 spiro atoms. The molecule has 0 atom stereocenters. The first-order chi connectivity index (χ1) is 7.24. The Labute approximate surface area is 88.8 Å². The fourth-order valence-corrected chi connectivity index (χ4v) is 1.50. The van der Waals surface area contributed by atoms with Crippen molar-refractivity contribution in [2.45, 2.75) is 20.4 Å². The average molecular weight is 202 g/mol. The Hall–Kier alpha value is -1.84. The molecule has 4 heteroatoms. The van der Waals surface area contributed by atoms with Gasteiger partial charge in [0.15, 0.2) is 0 Å². The Morgan fingerprint density at radius 1 is 1.33 bits per heavy atom. The van der Waals surface area contributed by atoms with Gasteiger partial charge in [0.1, 0.15) is 11.6 Å². The molecule has 4 nitrogen and oxygen atoms in total. The standard InChI is InChI=1S/C11H14N4/c1-8-5-9(2)15-10(6-8)14-7-11-12-3-4-13-11/h3-6H,7H2,1-2H3,(H,12,13)(H,14,15). The smallest absolute Gasteiger partial charge is 0.126 e. The topological polar surface area (TPSA) is 53.6 Å². The molecule has 2 rings (SSSR count). The lowest BCUT2D eigenvalue weighted by molar-refractivity contribution is 0.982. The van der Waals surface area contributed by atoms with Gasteiger partial charge in [0.2, 0.25) is 0 Å². The Morgan fingerprint density at radius 3 is 2.87 bits per heavy atom. The number of nitrogens with zero attached hydrogens (tertiary/aromatic N) is 2. The number of H-pyrrole nitrogens is 1. The van der Waals surface area contributed by atoms with Gasteiger partial charge < -0.3 is 10.3 Å². The zero-order chi connectivity index (χ0) is 10.7. The maximum atomic E-state index is 4.38. The van der Waals surface area contributed by atoms with Gasteiger partial charge >= 0.3 is 0 Å². The number of aromatic nitrogens is 3. The molecule has 2 heterocycles. The fraction of sp³-hybridized carbons (Fsp3) is 0.273. The third-order valence-corrected chi connectivity index (χ3v) is 2.09. The van der Waals surface area contributed by atoms with Crippen LogP contribution in [0.5, 0.6) is 0 Å². The molecule has 0 aliphatic carbocycles. The quantitative estimate of drug-likeness (QED) is 0.800. The van der Waals surface area contributed by atoms with E-state index in [-0.39, 0.29) is 0 Å². The highest BCUT2D eigenvalue weighted by Crippen LogP contribution is 2.09. The van der Waals surface area contributed by atoms with Crippen molar-refractivity contribution in [3.8, 4) is 0 Å². The lowest BCUT2D eigenvalue weighted by atomic mass is 10.2. The minimum atomic E-state index is 0.670. The SMILES string of the molecule is Cc1cc(C)nc(NCc2ncc[nH]2)c1.